The lowest BCUT2D eigenvalue weighted by Gasteiger charge is -2.00. The molecule has 3 heteroatoms. The van der Waals surface area contributed by atoms with Gasteiger partial charge in [0.05, 0.1) is 4.90 Å². The summed E-state index contributed by atoms with van der Waals surface area (Å²) in [7, 11) is 0. The van der Waals surface area contributed by atoms with E-state index < -0.39 is 0 Å². The molecule has 0 saturated carbocycles. The van der Waals surface area contributed by atoms with Gasteiger partial charge in [0.25, 0.3) is 0 Å². The van der Waals surface area contributed by atoms with Gasteiger partial charge in [-0.2, -0.15) is 0 Å². The number of hydrogen-bond acceptors (Lipinski definition) is 3. The predicted molar refractivity (Wildman–Crippen MR) is 44.3 cm³/mol. The number of thioether (sulfide) groups is 1. The van der Waals surface area contributed by atoms with E-state index in [4.69, 9.17) is 9.47 Å². The molecule has 0 aliphatic carbocycles. The molecular formula is C8H8O2S. The van der Waals surface area contributed by atoms with E-state index in [1.54, 1.807) is 11.8 Å². The second kappa shape index (κ2) is 2.66. The van der Waals surface area contributed by atoms with Crippen molar-refractivity contribution < 1.29 is 9.47 Å². The predicted octanol–water partition coefficient (Wildman–Crippen LogP) is 2.14. The maximum absolute atomic E-state index is 5.28. The standard InChI is InChI=1S/C8H8O2S/c1-11-7-4-2-3-6-8(7)10-5-9-6/h2-4H,5H2,1H3. The zero-order valence-corrected chi connectivity index (χ0v) is 6.98. The summed E-state index contributed by atoms with van der Waals surface area (Å²) in [6, 6.07) is 5.92. The van der Waals surface area contributed by atoms with E-state index in [1.165, 1.54) is 0 Å². The van der Waals surface area contributed by atoms with E-state index in [1.807, 2.05) is 24.5 Å². The third-order valence-electron chi connectivity index (χ3n) is 1.58. The molecule has 0 spiro atoms. The summed E-state index contributed by atoms with van der Waals surface area (Å²) < 4.78 is 10.5. The highest BCUT2D eigenvalue weighted by atomic mass is 32.2. The Morgan fingerprint density at radius 3 is 3.09 bits per heavy atom. The molecule has 0 saturated heterocycles. The van der Waals surface area contributed by atoms with Crippen LogP contribution in [-0.4, -0.2) is 13.0 Å². The summed E-state index contributed by atoms with van der Waals surface area (Å²) in [6.07, 6.45) is 2.03. The van der Waals surface area contributed by atoms with Crippen molar-refractivity contribution in [2.45, 2.75) is 4.90 Å². The molecule has 0 unspecified atom stereocenters. The topological polar surface area (TPSA) is 18.5 Å². The van der Waals surface area contributed by atoms with Crippen LogP contribution in [0.25, 0.3) is 0 Å². The first-order valence-electron chi connectivity index (χ1n) is 3.34. The van der Waals surface area contributed by atoms with Crippen molar-refractivity contribution in [1.29, 1.82) is 0 Å². The normalized spacial score (nSPS) is 13.5. The van der Waals surface area contributed by atoms with Crippen LogP contribution in [0.15, 0.2) is 23.1 Å². The van der Waals surface area contributed by atoms with Crippen molar-refractivity contribution in [2.24, 2.45) is 0 Å². The minimum Gasteiger partial charge on any atom is -0.454 e. The lowest BCUT2D eigenvalue weighted by Crippen LogP contribution is -1.93. The van der Waals surface area contributed by atoms with E-state index in [0.29, 0.717) is 6.79 Å². The SMILES string of the molecule is CSc1cccc2c1OCO2. The van der Waals surface area contributed by atoms with Crippen molar-refractivity contribution in [3.05, 3.63) is 18.2 Å². The van der Waals surface area contributed by atoms with Crippen LogP contribution in [0.2, 0.25) is 0 Å². The Labute approximate surface area is 69.5 Å². The summed E-state index contributed by atoms with van der Waals surface area (Å²) in [6.45, 7) is 0.354. The Balaban J connectivity index is 2.50. The van der Waals surface area contributed by atoms with Gasteiger partial charge in [0.2, 0.25) is 6.79 Å². The van der Waals surface area contributed by atoms with Gasteiger partial charge in [-0.3, -0.25) is 0 Å². The third kappa shape index (κ3) is 1.05. The fraction of sp³-hybridized carbons (Fsp3) is 0.250. The molecule has 0 fully saturated rings. The molecular weight excluding hydrogens is 160 g/mol. The lowest BCUT2D eigenvalue weighted by molar-refractivity contribution is 0.172. The molecule has 0 amide bonds. The van der Waals surface area contributed by atoms with Crippen LogP contribution in [0.1, 0.15) is 0 Å². The van der Waals surface area contributed by atoms with E-state index in [0.717, 1.165) is 16.4 Å². The van der Waals surface area contributed by atoms with Crippen LogP contribution >= 0.6 is 11.8 Å². The van der Waals surface area contributed by atoms with Crippen LogP contribution in [0, 0.1) is 0 Å². The quantitative estimate of drug-likeness (QED) is 0.598. The Morgan fingerprint density at radius 1 is 1.36 bits per heavy atom. The molecule has 1 aromatic carbocycles. The minimum atomic E-state index is 0.354. The molecule has 0 aromatic heterocycles. The van der Waals surface area contributed by atoms with E-state index in [2.05, 4.69) is 0 Å². The van der Waals surface area contributed by atoms with Gasteiger partial charge in [0, 0.05) is 0 Å². The zero-order valence-electron chi connectivity index (χ0n) is 6.16. The van der Waals surface area contributed by atoms with Gasteiger partial charge in [-0.15, -0.1) is 11.8 Å². The van der Waals surface area contributed by atoms with Crippen LogP contribution in [0.5, 0.6) is 11.5 Å². The van der Waals surface area contributed by atoms with Gasteiger partial charge in [0.15, 0.2) is 11.5 Å². The number of benzene rings is 1. The van der Waals surface area contributed by atoms with Crippen molar-refractivity contribution in [3.63, 3.8) is 0 Å². The van der Waals surface area contributed by atoms with Gasteiger partial charge in [-0.1, -0.05) is 6.07 Å². The van der Waals surface area contributed by atoms with Crippen molar-refractivity contribution in [3.8, 4) is 11.5 Å². The number of hydrogen-bond donors (Lipinski definition) is 0. The van der Waals surface area contributed by atoms with Crippen molar-refractivity contribution in [1.82, 2.24) is 0 Å². The Bertz CT molecular complexity index is 273. The number of ether oxygens (including phenoxy) is 2. The molecule has 0 atom stereocenters. The van der Waals surface area contributed by atoms with E-state index in [9.17, 15) is 0 Å². The molecule has 2 nitrogen and oxygen atoms in total. The van der Waals surface area contributed by atoms with Gasteiger partial charge >= 0.3 is 0 Å². The van der Waals surface area contributed by atoms with Gasteiger partial charge < -0.3 is 9.47 Å². The summed E-state index contributed by atoms with van der Waals surface area (Å²) in [5, 5.41) is 0. The molecule has 1 aliphatic heterocycles. The first-order valence-corrected chi connectivity index (χ1v) is 4.57. The second-order valence-electron chi connectivity index (χ2n) is 2.19. The fourth-order valence-corrected chi connectivity index (χ4v) is 1.62. The van der Waals surface area contributed by atoms with Crippen molar-refractivity contribution in [2.75, 3.05) is 13.0 Å². The minimum absolute atomic E-state index is 0.354. The molecule has 0 radical (unpaired) electrons. The zero-order chi connectivity index (χ0) is 7.68. The number of rotatable bonds is 1. The Hall–Kier alpha value is -0.830. The van der Waals surface area contributed by atoms with Gasteiger partial charge in [0.1, 0.15) is 0 Å². The molecule has 0 N–H and O–H groups in total. The maximum atomic E-state index is 5.28. The van der Waals surface area contributed by atoms with Gasteiger partial charge in [-0.25, -0.2) is 0 Å². The fourth-order valence-electron chi connectivity index (χ4n) is 1.06. The smallest absolute Gasteiger partial charge is 0.231 e. The average Bonchev–Trinajstić information content (AvgIpc) is 2.50. The van der Waals surface area contributed by atoms with E-state index in [-0.39, 0.29) is 0 Å². The first kappa shape index (κ1) is 6.85. The Kier molecular flexibility index (Phi) is 1.66. The van der Waals surface area contributed by atoms with Gasteiger partial charge in [-0.05, 0) is 18.4 Å². The second-order valence-corrected chi connectivity index (χ2v) is 3.04. The summed E-state index contributed by atoms with van der Waals surface area (Å²) in [5.41, 5.74) is 0. The van der Waals surface area contributed by atoms with Crippen LogP contribution in [0.4, 0.5) is 0 Å². The summed E-state index contributed by atoms with van der Waals surface area (Å²) >= 11 is 1.67. The van der Waals surface area contributed by atoms with E-state index >= 15 is 0 Å². The largest absolute Gasteiger partial charge is 0.454 e. The molecule has 1 aliphatic rings. The highest BCUT2D eigenvalue weighted by molar-refractivity contribution is 7.98. The first-order chi connectivity index (χ1) is 5.42. The molecule has 1 aromatic rings. The third-order valence-corrected chi connectivity index (χ3v) is 2.34. The van der Waals surface area contributed by atoms with Crippen LogP contribution in [-0.2, 0) is 0 Å². The van der Waals surface area contributed by atoms with Crippen LogP contribution in [0.3, 0.4) is 0 Å². The average molecular weight is 168 g/mol. The highest BCUT2D eigenvalue weighted by Crippen LogP contribution is 2.39. The maximum Gasteiger partial charge on any atom is 0.231 e. The molecule has 58 valence electrons. The highest BCUT2D eigenvalue weighted by Gasteiger charge is 2.15. The molecule has 2 rings (SSSR count). The molecule has 0 bridgehead atoms. The lowest BCUT2D eigenvalue weighted by atomic mass is 10.3. The summed E-state index contributed by atoms with van der Waals surface area (Å²) in [5.74, 6) is 1.75. The number of fused-ring (bicyclic) bond motifs is 1. The molecule has 1 heterocycles. The molecule has 11 heavy (non-hydrogen) atoms. The number of para-hydroxylation sites is 1. The van der Waals surface area contributed by atoms with Crippen molar-refractivity contribution >= 4 is 11.8 Å². The monoisotopic (exact) mass is 168 g/mol. The Morgan fingerprint density at radius 2 is 2.27 bits per heavy atom. The summed E-state index contributed by atoms with van der Waals surface area (Å²) in [4.78, 5) is 1.14. The van der Waals surface area contributed by atoms with Crippen LogP contribution < -0.4 is 9.47 Å².